The zero-order valence-corrected chi connectivity index (χ0v) is 13.5. The number of hydrogen-bond acceptors (Lipinski definition) is 4. The predicted molar refractivity (Wildman–Crippen MR) is 77.1 cm³/mol. The molecule has 8 heteroatoms. The topological polar surface area (TPSA) is 79.2 Å². The maximum Gasteiger partial charge on any atom is 0.340 e. The van der Waals surface area contributed by atoms with Gasteiger partial charge in [0.2, 0.25) is 5.91 Å². The summed E-state index contributed by atoms with van der Waals surface area (Å²) in [5.74, 6) is -1.12. The molecule has 0 bridgehead atoms. The van der Waals surface area contributed by atoms with Crippen molar-refractivity contribution in [3.05, 3.63) is 25.6 Å². The SMILES string of the molecule is COC(=O)c1c(Br)cc(Cl)c(NC(=O)CC#N)c1Br. The second-order valence-corrected chi connectivity index (χ2v) is 5.33. The lowest BCUT2D eigenvalue weighted by Gasteiger charge is -2.13. The van der Waals surface area contributed by atoms with Crippen molar-refractivity contribution in [2.45, 2.75) is 6.42 Å². The van der Waals surface area contributed by atoms with Crippen LogP contribution in [-0.4, -0.2) is 19.0 Å². The number of ether oxygens (including phenoxy) is 1. The minimum atomic E-state index is -0.591. The Kier molecular flexibility index (Phi) is 5.79. The number of esters is 1. The van der Waals surface area contributed by atoms with Gasteiger partial charge in [-0.05, 0) is 37.9 Å². The van der Waals surface area contributed by atoms with Crippen molar-refractivity contribution in [3.8, 4) is 6.07 Å². The zero-order chi connectivity index (χ0) is 14.6. The molecule has 0 atom stereocenters. The summed E-state index contributed by atoms with van der Waals surface area (Å²) in [5, 5.41) is 11.1. The second kappa shape index (κ2) is 6.89. The Morgan fingerprint density at radius 1 is 1.53 bits per heavy atom. The van der Waals surface area contributed by atoms with Gasteiger partial charge >= 0.3 is 5.97 Å². The smallest absolute Gasteiger partial charge is 0.340 e. The summed E-state index contributed by atoms with van der Waals surface area (Å²) in [7, 11) is 1.24. The van der Waals surface area contributed by atoms with Crippen LogP contribution in [0.3, 0.4) is 0 Å². The number of carbonyl (C=O) groups is 2. The van der Waals surface area contributed by atoms with Crippen LogP contribution in [0.2, 0.25) is 5.02 Å². The summed E-state index contributed by atoms with van der Waals surface area (Å²) >= 11 is 12.4. The molecule has 0 saturated heterocycles. The van der Waals surface area contributed by atoms with Crippen LogP contribution in [-0.2, 0) is 9.53 Å². The number of hydrogen-bond donors (Lipinski definition) is 1. The standard InChI is InChI=1S/C11H7Br2ClN2O3/c1-19-11(18)8-5(12)4-6(14)10(9(8)13)16-7(17)2-3-15/h4H,2H2,1H3,(H,16,17). The Morgan fingerprint density at radius 2 is 2.16 bits per heavy atom. The highest BCUT2D eigenvalue weighted by atomic mass is 79.9. The van der Waals surface area contributed by atoms with E-state index in [9.17, 15) is 9.59 Å². The molecule has 0 aliphatic carbocycles. The first-order valence-corrected chi connectivity index (χ1v) is 6.81. The number of nitrogens with zero attached hydrogens (tertiary/aromatic N) is 1. The average Bonchev–Trinajstić information content (AvgIpc) is 2.34. The predicted octanol–water partition coefficient (Wildman–Crippen LogP) is 3.50. The second-order valence-electron chi connectivity index (χ2n) is 3.28. The van der Waals surface area contributed by atoms with Crippen molar-refractivity contribution in [1.82, 2.24) is 0 Å². The van der Waals surface area contributed by atoms with Crippen molar-refractivity contribution in [1.29, 1.82) is 5.26 Å². The van der Waals surface area contributed by atoms with Crippen LogP contribution >= 0.6 is 43.5 Å². The minimum Gasteiger partial charge on any atom is -0.465 e. The Labute approximate surface area is 131 Å². The van der Waals surface area contributed by atoms with Crippen molar-refractivity contribution in [2.24, 2.45) is 0 Å². The number of anilines is 1. The molecule has 0 saturated carbocycles. The van der Waals surface area contributed by atoms with E-state index in [-0.39, 0.29) is 27.2 Å². The van der Waals surface area contributed by atoms with E-state index in [0.717, 1.165) is 0 Å². The van der Waals surface area contributed by atoms with Crippen molar-refractivity contribution in [3.63, 3.8) is 0 Å². The van der Waals surface area contributed by atoms with Gasteiger partial charge in [-0.1, -0.05) is 11.6 Å². The average molecular weight is 410 g/mol. The molecular weight excluding hydrogens is 403 g/mol. The summed E-state index contributed by atoms with van der Waals surface area (Å²) in [6.45, 7) is 0. The molecule has 0 unspecified atom stereocenters. The van der Waals surface area contributed by atoms with Gasteiger partial charge in [0.05, 0.1) is 33.9 Å². The number of methoxy groups -OCH3 is 1. The third kappa shape index (κ3) is 3.69. The zero-order valence-electron chi connectivity index (χ0n) is 9.59. The van der Waals surface area contributed by atoms with E-state index in [2.05, 4.69) is 41.9 Å². The number of rotatable bonds is 3. The van der Waals surface area contributed by atoms with Crippen LogP contribution < -0.4 is 5.32 Å². The maximum atomic E-state index is 11.6. The number of benzene rings is 1. The molecule has 0 radical (unpaired) electrons. The van der Waals surface area contributed by atoms with Gasteiger partial charge in [0.15, 0.2) is 0 Å². The van der Waals surface area contributed by atoms with Crippen molar-refractivity contribution >= 4 is 61.0 Å². The number of carbonyl (C=O) groups excluding carboxylic acids is 2. The van der Waals surface area contributed by atoms with Gasteiger partial charge in [-0.2, -0.15) is 5.26 Å². The first-order chi connectivity index (χ1) is 8.92. The molecule has 0 aromatic heterocycles. The van der Waals surface area contributed by atoms with Gasteiger partial charge in [-0.15, -0.1) is 0 Å². The Morgan fingerprint density at radius 3 is 2.68 bits per heavy atom. The van der Waals surface area contributed by atoms with Crippen molar-refractivity contribution < 1.29 is 14.3 Å². The summed E-state index contributed by atoms with van der Waals surface area (Å²) in [4.78, 5) is 23.1. The summed E-state index contributed by atoms with van der Waals surface area (Å²) < 4.78 is 5.35. The summed E-state index contributed by atoms with van der Waals surface area (Å²) in [6, 6.07) is 3.17. The first kappa shape index (κ1) is 16.0. The van der Waals surface area contributed by atoms with Crippen LogP contribution in [0.15, 0.2) is 15.0 Å². The molecule has 0 heterocycles. The van der Waals surface area contributed by atoms with E-state index >= 15 is 0 Å². The van der Waals surface area contributed by atoms with E-state index < -0.39 is 11.9 Å². The normalized spacial score (nSPS) is 9.63. The van der Waals surface area contributed by atoms with Gasteiger partial charge in [0.25, 0.3) is 0 Å². The molecule has 0 aliphatic rings. The quantitative estimate of drug-likeness (QED) is 0.774. The van der Waals surface area contributed by atoms with Crippen LogP contribution in [0.25, 0.3) is 0 Å². The van der Waals surface area contributed by atoms with Crippen LogP contribution in [0, 0.1) is 11.3 Å². The number of nitrogens with one attached hydrogen (secondary N) is 1. The third-order valence-electron chi connectivity index (χ3n) is 2.06. The Hall–Kier alpha value is -1.10. The maximum absolute atomic E-state index is 11.6. The monoisotopic (exact) mass is 408 g/mol. The van der Waals surface area contributed by atoms with Crippen molar-refractivity contribution in [2.75, 3.05) is 12.4 Å². The van der Waals surface area contributed by atoms with Gasteiger partial charge in [-0.3, -0.25) is 4.79 Å². The number of amides is 1. The summed E-state index contributed by atoms with van der Waals surface area (Å²) in [6.07, 6.45) is -0.313. The van der Waals surface area contributed by atoms with Crippen LogP contribution in [0.4, 0.5) is 5.69 Å². The lowest BCUT2D eigenvalue weighted by Crippen LogP contribution is -2.13. The lowest BCUT2D eigenvalue weighted by atomic mass is 10.2. The lowest BCUT2D eigenvalue weighted by molar-refractivity contribution is -0.115. The van der Waals surface area contributed by atoms with E-state index in [1.807, 2.05) is 0 Å². The largest absolute Gasteiger partial charge is 0.465 e. The Balaban J connectivity index is 3.30. The van der Waals surface area contributed by atoms with Gasteiger partial charge in [0, 0.05) is 4.47 Å². The van der Waals surface area contributed by atoms with E-state index in [4.69, 9.17) is 16.9 Å². The summed E-state index contributed by atoms with van der Waals surface area (Å²) in [5.41, 5.74) is 0.407. The minimum absolute atomic E-state index is 0.194. The molecule has 5 nitrogen and oxygen atoms in total. The molecule has 1 amide bonds. The molecule has 1 N–H and O–H groups in total. The number of nitriles is 1. The fraction of sp³-hybridized carbons (Fsp3) is 0.182. The highest BCUT2D eigenvalue weighted by Crippen LogP contribution is 2.38. The molecule has 1 rings (SSSR count). The molecule has 1 aromatic rings. The van der Waals surface area contributed by atoms with Gasteiger partial charge < -0.3 is 10.1 Å². The third-order valence-corrected chi connectivity index (χ3v) is 3.78. The Bertz CT molecular complexity index is 584. The molecule has 0 aliphatic heterocycles. The van der Waals surface area contributed by atoms with Gasteiger partial charge in [-0.25, -0.2) is 4.79 Å². The van der Waals surface area contributed by atoms with Crippen LogP contribution in [0.1, 0.15) is 16.8 Å². The molecule has 100 valence electrons. The van der Waals surface area contributed by atoms with E-state index in [1.54, 1.807) is 6.07 Å². The van der Waals surface area contributed by atoms with Gasteiger partial charge in [0.1, 0.15) is 6.42 Å². The molecular formula is C11H7Br2ClN2O3. The molecule has 0 fully saturated rings. The molecule has 0 spiro atoms. The molecule has 19 heavy (non-hydrogen) atoms. The number of halogens is 3. The first-order valence-electron chi connectivity index (χ1n) is 4.85. The highest BCUT2D eigenvalue weighted by molar-refractivity contribution is 9.11. The van der Waals surface area contributed by atoms with E-state index in [0.29, 0.717) is 4.47 Å². The fourth-order valence-corrected chi connectivity index (χ4v) is 3.29. The fourth-order valence-electron chi connectivity index (χ4n) is 1.25. The highest BCUT2D eigenvalue weighted by Gasteiger charge is 2.21. The molecule has 1 aromatic carbocycles. The van der Waals surface area contributed by atoms with Crippen LogP contribution in [0.5, 0.6) is 0 Å². The van der Waals surface area contributed by atoms with E-state index in [1.165, 1.54) is 13.2 Å².